The number of ketones is 1. The average molecular weight is 242 g/mol. The van der Waals surface area contributed by atoms with Crippen LogP contribution in [0.4, 0.5) is 22.7 Å². The van der Waals surface area contributed by atoms with Crippen LogP contribution >= 0.6 is 0 Å². The molecule has 0 saturated heterocycles. The van der Waals surface area contributed by atoms with Crippen molar-refractivity contribution in [2.75, 3.05) is 22.9 Å². The number of benzene rings is 2. The molecule has 0 aliphatic heterocycles. The maximum atomic E-state index is 12.3. The highest BCUT2D eigenvalue weighted by molar-refractivity contribution is 6.13. The van der Waals surface area contributed by atoms with Crippen molar-refractivity contribution in [3.8, 4) is 0 Å². The van der Waals surface area contributed by atoms with Gasteiger partial charge in [0.15, 0.2) is 5.78 Å². The zero-order valence-corrected chi connectivity index (χ0v) is 9.68. The maximum absolute atomic E-state index is 12.3. The van der Waals surface area contributed by atoms with Gasteiger partial charge in [0, 0.05) is 11.1 Å². The highest BCUT2D eigenvalue weighted by Gasteiger charge is 2.14. The van der Waals surface area contributed by atoms with Gasteiger partial charge >= 0.3 is 0 Å². The molecule has 0 saturated carbocycles. The lowest BCUT2D eigenvalue weighted by Gasteiger charge is -2.08. The number of nitrogen functional groups attached to an aromatic ring is 4. The van der Waals surface area contributed by atoms with Gasteiger partial charge in [-0.25, -0.2) is 0 Å². The molecule has 0 aliphatic rings. The minimum Gasteiger partial charge on any atom is -0.397 e. The first-order valence-corrected chi connectivity index (χ1v) is 5.34. The van der Waals surface area contributed by atoms with Crippen LogP contribution in [0.5, 0.6) is 0 Å². The summed E-state index contributed by atoms with van der Waals surface area (Å²) in [6.07, 6.45) is 0. The van der Waals surface area contributed by atoms with E-state index >= 15 is 0 Å². The number of rotatable bonds is 2. The van der Waals surface area contributed by atoms with Gasteiger partial charge in [0.05, 0.1) is 22.7 Å². The Hall–Kier alpha value is -2.69. The number of anilines is 4. The summed E-state index contributed by atoms with van der Waals surface area (Å²) in [5.41, 5.74) is 25.0. The van der Waals surface area contributed by atoms with Gasteiger partial charge in [-0.15, -0.1) is 0 Å². The van der Waals surface area contributed by atoms with Crippen LogP contribution in [-0.2, 0) is 0 Å². The second-order valence-electron chi connectivity index (χ2n) is 3.98. The SMILES string of the molecule is Nc1ccc(C(=O)c2cccc(N)c2N)cc1N. The number of hydrogen-bond acceptors (Lipinski definition) is 5. The van der Waals surface area contributed by atoms with Crippen molar-refractivity contribution < 1.29 is 4.79 Å². The van der Waals surface area contributed by atoms with Gasteiger partial charge in [0.25, 0.3) is 0 Å². The molecule has 0 heterocycles. The average Bonchev–Trinajstić information content (AvgIpc) is 2.35. The van der Waals surface area contributed by atoms with Gasteiger partial charge in [-0.2, -0.15) is 0 Å². The van der Waals surface area contributed by atoms with E-state index in [9.17, 15) is 4.79 Å². The number of carbonyl (C=O) groups is 1. The molecule has 0 aromatic heterocycles. The Morgan fingerprint density at radius 2 is 1.56 bits per heavy atom. The van der Waals surface area contributed by atoms with Gasteiger partial charge in [-0.1, -0.05) is 6.07 Å². The van der Waals surface area contributed by atoms with Crippen molar-refractivity contribution >= 4 is 28.5 Å². The summed E-state index contributed by atoms with van der Waals surface area (Å²) in [6, 6.07) is 9.67. The van der Waals surface area contributed by atoms with Crippen molar-refractivity contribution in [1.29, 1.82) is 0 Å². The summed E-state index contributed by atoms with van der Waals surface area (Å²) in [4.78, 5) is 12.3. The molecule has 5 nitrogen and oxygen atoms in total. The fraction of sp³-hybridized carbons (Fsp3) is 0. The van der Waals surface area contributed by atoms with Gasteiger partial charge in [-0.05, 0) is 30.3 Å². The molecule has 8 N–H and O–H groups in total. The first kappa shape index (κ1) is 11.8. The van der Waals surface area contributed by atoms with Crippen molar-refractivity contribution in [3.63, 3.8) is 0 Å². The van der Waals surface area contributed by atoms with Crippen LogP contribution in [0.2, 0.25) is 0 Å². The second-order valence-corrected chi connectivity index (χ2v) is 3.98. The zero-order valence-electron chi connectivity index (χ0n) is 9.68. The summed E-state index contributed by atoms with van der Waals surface area (Å²) in [5, 5.41) is 0. The monoisotopic (exact) mass is 242 g/mol. The lowest BCUT2D eigenvalue weighted by Crippen LogP contribution is -2.08. The van der Waals surface area contributed by atoms with E-state index in [1.54, 1.807) is 30.3 Å². The highest BCUT2D eigenvalue weighted by atomic mass is 16.1. The van der Waals surface area contributed by atoms with E-state index in [1.165, 1.54) is 6.07 Å². The fourth-order valence-electron chi connectivity index (χ4n) is 1.65. The molecule has 18 heavy (non-hydrogen) atoms. The van der Waals surface area contributed by atoms with Crippen LogP contribution in [0.3, 0.4) is 0 Å². The molecule has 0 spiro atoms. The van der Waals surface area contributed by atoms with Gasteiger partial charge < -0.3 is 22.9 Å². The first-order chi connectivity index (χ1) is 8.50. The summed E-state index contributed by atoms with van der Waals surface area (Å²) < 4.78 is 0. The minimum atomic E-state index is -0.230. The van der Waals surface area contributed by atoms with Crippen LogP contribution in [0.15, 0.2) is 36.4 Å². The molecular weight excluding hydrogens is 228 g/mol. The molecule has 0 bridgehead atoms. The number of para-hydroxylation sites is 1. The Bertz CT molecular complexity index is 622. The molecule has 2 aromatic rings. The maximum Gasteiger partial charge on any atom is 0.195 e. The van der Waals surface area contributed by atoms with Crippen LogP contribution in [0.1, 0.15) is 15.9 Å². The highest BCUT2D eigenvalue weighted by Crippen LogP contribution is 2.24. The predicted octanol–water partition coefficient (Wildman–Crippen LogP) is 1.25. The normalized spacial score (nSPS) is 10.2. The van der Waals surface area contributed by atoms with E-state index < -0.39 is 0 Å². The third-order valence-electron chi connectivity index (χ3n) is 2.73. The summed E-state index contributed by atoms with van der Waals surface area (Å²) in [5.74, 6) is -0.230. The van der Waals surface area contributed by atoms with E-state index in [4.69, 9.17) is 22.9 Å². The smallest absolute Gasteiger partial charge is 0.195 e. The Morgan fingerprint density at radius 3 is 2.22 bits per heavy atom. The number of carbonyl (C=O) groups excluding carboxylic acids is 1. The van der Waals surface area contributed by atoms with E-state index in [-0.39, 0.29) is 11.5 Å². The van der Waals surface area contributed by atoms with E-state index in [0.717, 1.165) is 0 Å². The second kappa shape index (κ2) is 4.29. The molecule has 0 amide bonds. The quantitative estimate of drug-likeness (QED) is 0.466. The van der Waals surface area contributed by atoms with E-state index in [2.05, 4.69) is 0 Å². The topological polar surface area (TPSA) is 121 Å². The number of nitrogens with two attached hydrogens (primary N) is 4. The Kier molecular flexibility index (Phi) is 2.81. The lowest BCUT2D eigenvalue weighted by molar-refractivity contribution is 0.103. The van der Waals surface area contributed by atoms with E-state index in [0.29, 0.717) is 28.2 Å². The molecule has 0 aliphatic carbocycles. The Labute approximate surface area is 104 Å². The van der Waals surface area contributed by atoms with Crippen LogP contribution in [0.25, 0.3) is 0 Å². The van der Waals surface area contributed by atoms with Gasteiger partial charge in [0.1, 0.15) is 0 Å². The van der Waals surface area contributed by atoms with Gasteiger partial charge in [0.2, 0.25) is 0 Å². The minimum absolute atomic E-state index is 0.230. The molecule has 5 heteroatoms. The third kappa shape index (κ3) is 1.93. The molecule has 0 atom stereocenters. The predicted molar refractivity (Wildman–Crippen MR) is 74.0 cm³/mol. The van der Waals surface area contributed by atoms with Crippen molar-refractivity contribution in [2.45, 2.75) is 0 Å². The molecule has 0 fully saturated rings. The van der Waals surface area contributed by atoms with Crippen molar-refractivity contribution in [1.82, 2.24) is 0 Å². The number of hydrogen-bond donors (Lipinski definition) is 4. The van der Waals surface area contributed by atoms with Gasteiger partial charge in [-0.3, -0.25) is 4.79 Å². The van der Waals surface area contributed by atoms with E-state index in [1.807, 2.05) is 0 Å². The largest absolute Gasteiger partial charge is 0.397 e. The summed E-state index contributed by atoms with van der Waals surface area (Å²) >= 11 is 0. The lowest BCUT2D eigenvalue weighted by atomic mass is 10.0. The standard InChI is InChI=1S/C13H14N4O/c14-9-5-4-7(6-11(9)16)13(18)8-2-1-3-10(15)12(8)17/h1-6H,14-17H2. The van der Waals surface area contributed by atoms with Crippen molar-refractivity contribution in [3.05, 3.63) is 47.5 Å². The molecular formula is C13H14N4O. The summed E-state index contributed by atoms with van der Waals surface area (Å²) in [6.45, 7) is 0. The molecule has 2 rings (SSSR count). The van der Waals surface area contributed by atoms with Crippen LogP contribution in [-0.4, -0.2) is 5.78 Å². The van der Waals surface area contributed by atoms with Crippen molar-refractivity contribution in [2.24, 2.45) is 0 Å². The first-order valence-electron chi connectivity index (χ1n) is 5.34. The molecule has 0 unspecified atom stereocenters. The third-order valence-corrected chi connectivity index (χ3v) is 2.73. The molecule has 2 aromatic carbocycles. The van der Waals surface area contributed by atoms with Crippen LogP contribution < -0.4 is 22.9 Å². The summed E-state index contributed by atoms with van der Waals surface area (Å²) in [7, 11) is 0. The Balaban J connectivity index is 2.48. The van der Waals surface area contributed by atoms with Crippen LogP contribution in [0, 0.1) is 0 Å². The molecule has 92 valence electrons. The fourth-order valence-corrected chi connectivity index (χ4v) is 1.65. The Morgan fingerprint density at radius 1 is 0.833 bits per heavy atom. The molecule has 0 radical (unpaired) electrons. The zero-order chi connectivity index (χ0) is 13.3.